The Bertz CT molecular complexity index is 325. The van der Waals surface area contributed by atoms with Crippen LogP contribution >= 0.6 is 0 Å². The number of likely N-dealkylation sites (N-methyl/N-ethyl adjacent to an activating group) is 1. The van der Waals surface area contributed by atoms with E-state index in [-0.39, 0.29) is 0 Å². The minimum absolute atomic E-state index is 0.544. The number of nitrogens with zero attached hydrogens (tertiary/aromatic N) is 1. The van der Waals surface area contributed by atoms with Crippen LogP contribution in [-0.4, -0.2) is 37.6 Å². The first-order chi connectivity index (χ1) is 11.9. The Kier molecular flexibility index (Phi) is 10.6. The first-order valence-corrected chi connectivity index (χ1v) is 11.3. The van der Waals surface area contributed by atoms with Gasteiger partial charge in [0.1, 0.15) is 0 Å². The molecule has 0 aromatic heterocycles. The van der Waals surface area contributed by atoms with Crippen molar-refractivity contribution in [1.29, 1.82) is 0 Å². The van der Waals surface area contributed by atoms with E-state index in [4.69, 9.17) is 0 Å². The number of hydrogen-bond donors (Lipinski definition) is 1. The first kappa shape index (κ1) is 23.0. The molecule has 3 aliphatic rings. The Hall–Kier alpha value is -0.0800. The van der Waals surface area contributed by atoms with E-state index in [2.05, 4.69) is 45.0 Å². The van der Waals surface area contributed by atoms with Gasteiger partial charge in [-0.25, -0.2) is 0 Å². The van der Waals surface area contributed by atoms with Gasteiger partial charge in [0.2, 0.25) is 0 Å². The molecule has 2 nitrogen and oxygen atoms in total. The second kappa shape index (κ2) is 11.6. The Balaban J connectivity index is 0.000000243. The van der Waals surface area contributed by atoms with Crippen molar-refractivity contribution in [2.24, 2.45) is 23.2 Å². The molecule has 0 spiro atoms. The fraction of sp³-hybridized carbons (Fsp3) is 1.00. The molecule has 0 radical (unpaired) electrons. The smallest absolute Gasteiger partial charge is 0.0258 e. The zero-order chi connectivity index (χ0) is 18.9. The molecule has 2 heterocycles. The van der Waals surface area contributed by atoms with Crippen molar-refractivity contribution in [2.45, 2.75) is 99.0 Å². The Morgan fingerprint density at radius 3 is 2.04 bits per heavy atom. The van der Waals surface area contributed by atoms with Crippen molar-refractivity contribution < 1.29 is 0 Å². The molecule has 1 saturated carbocycles. The summed E-state index contributed by atoms with van der Waals surface area (Å²) in [6, 6.07) is 0.866. The molecular formula is C23H48N2. The van der Waals surface area contributed by atoms with Gasteiger partial charge in [0, 0.05) is 12.6 Å². The molecule has 150 valence electrons. The predicted molar refractivity (Wildman–Crippen MR) is 113 cm³/mol. The minimum Gasteiger partial charge on any atom is -0.315 e. The van der Waals surface area contributed by atoms with Crippen molar-refractivity contribution in [3.8, 4) is 0 Å². The van der Waals surface area contributed by atoms with Gasteiger partial charge in [-0.05, 0) is 56.1 Å². The molecule has 25 heavy (non-hydrogen) atoms. The van der Waals surface area contributed by atoms with E-state index < -0.39 is 0 Å². The summed E-state index contributed by atoms with van der Waals surface area (Å²) in [5.74, 6) is 3.06. The summed E-state index contributed by atoms with van der Waals surface area (Å²) in [6.07, 6.45) is 11.7. The van der Waals surface area contributed by atoms with Gasteiger partial charge < -0.3 is 10.2 Å². The molecule has 0 aromatic carbocycles. The largest absolute Gasteiger partial charge is 0.315 e. The van der Waals surface area contributed by atoms with Gasteiger partial charge in [-0.2, -0.15) is 0 Å². The molecule has 0 bridgehead atoms. The number of rotatable bonds is 3. The maximum atomic E-state index is 3.41. The van der Waals surface area contributed by atoms with Crippen LogP contribution in [0, 0.1) is 23.2 Å². The molecule has 2 saturated heterocycles. The van der Waals surface area contributed by atoms with Crippen molar-refractivity contribution >= 4 is 0 Å². The maximum Gasteiger partial charge on any atom is 0.0258 e. The van der Waals surface area contributed by atoms with Crippen molar-refractivity contribution in [3.05, 3.63) is 0 Å². The number of hydrogen-bond acceptors (Lipinski definition) is 2. The van der Waals surface area contributed by atoms with Gasteiger partial charge in [0.15, 0.2) is 0 Å². The summed E-state index contributed by atoms with van der Waals surface area (Å²) in [6.45, 7) is 17.3. The highest BCUT2D eigenvalue weighted by atomic mass is 15.2. The molecule has 2 atom stereocenters. The summed E-state index contributed by atoms with van der Waals surface area (Å²) in [4.78, 5) is 2.48. The van der Waals surface area contributed by atoms with Crippen LogP contribution < -0.4 is 5.32 Å². The normalized spacial score (nSPS) is 32.3. The molecule has 3 rings (SSSR count). The predicted octanol–water partition coefficient (Wildman–Crippen LogP) is 5.97. The summed E-state index contributed by atoms with van der Waals surface area (Å²) in [7, 11) is 2.23. The van der Waals surface area contributed by atoms with E-state index in [9.17, 15) is 0 Å². The lowest BCUT2D eigenvalue weighted by molar-refractivity contribution is 0.199. The Labute approximate surface area is 159 Å². The van der Waals surface area contributed by atoms with Crippen LogP contribution in [0.25, 0.3) is 0 Å². The summed E-state index contributed by atoms with van der Waals surface area (Å²) < 4.78 is 0. The van der Waals surface area contributed by atoms with E-state index >= 15 is 0 Å². The fourth-order valence-corrected chi connectivity index (χ4v) is 5.06. The van der Waals surface area contributed by atoms with Crippen LogP contribution in [0.5, 0.6) is 0 Å². The van der Waals surface area contributed by atoms with Gasteiger partial charge in [-0.3, -0.25) is 0 Å². The van der Waals surface area contributed by atoms with Crippen LogP contribution in [0.2, 0.25) is 0 Å². The highest BCUT2D eigenvalue weighted by Gasteiger charge is 2.34. The van der Waals surface area contributed by atoms with Crippen LogP contribution in [0.15, 0.2) is 0 Å². The Morgan fingerprint density at radius 2 is 1.52 bits per heavy atom. The summed E-state index contributed by atoms with van der Waals surface area (Å²) >= 11 is 0. The first-order valence-electron chi connectivity index (χ1n) is 11.3. The molecule has 2 heteroatoms. The van der Waals surface area contributed by atoms with E-state index in [0.29, 0.717) is 5.41 Å². The average molecular weight is 353 g/mol. The lowest BCUT2D eigenvalue weighted by atomic mass is 9.74. The zero-order valence-electron chi connectivity index (χ0n) is 18.5. The molecule has 0 amide bonds. The Morgan fingerprint density at radius 1 is 0.920 bits per heavy atom. The third-order valence-electron chi connectivity index (χ3n) is 6.29. The topological polar surface area (TPSA) is 15.3 Å². The van der Waals surface area contributed by atoms with Gasteiger partial charge in [-0.1, -0.05) is 80.1 Å². The standard InChI is InChI=1S/C14H28.C7H14N2.C2H6/c1-5-6-12-7-9-13(10-8-12)11-14(2,3)4;1-9-3-2-6-4-8-5-7(6)9;1-2/h12-13H,5-11H2,1-4H3;6-8H,2-5H2,1H3;1-2H3. The monoisotopic (exact) mass is 352 g/mol. The SMILES string of the molecule is CC.CCCC1CCC(CC(C)(C)C)CC1.CN1CCC2CNCC21. The molecule has 1 N–H and O–H groups in total. The second-order valence-corrected chi connectivity index (χ2v) is 9.70. The molecule has 2 unspecified atom stereocenters. The third kappa shape index (κ3) is 8.43. The third-order valence-corrected chi connectivity index (χ3v) is 6.29. The van der Waals surface area contributed by atoms with Gasteiger partial charge in [-0.15, -0.1) is 0 Å². The van der Waals surface area contributed by atoms with Gasteiger partial charge in [0.25, 0.3) is 0 Å². The van der Waals surface area contributed by atoms with Crippen LogP contribution in [-0.2, 0) is 0 Å². The van der Waals surface area contributed by atoms with Crippen LogP contribution in [0.4, 0.5) is 0 Å². The molecule has 1 aliphatic carbocycles. The minimum atomic E-state index is 0.544. The van der Waals surface area contributed by atoms with Crippen LogP contribution in [0.1, 0.15) is 92.9 Å². The summed E-state index contributed by atoms with van der Waals surface area (Å²) in [5.41, 5.74) is 0.544. The number of nitrogens with one attached hydrogen (secondary N) is 1. The van der Waals surface area contributed by atoms with Gasteiger partial charge in [0.05, 0.1) is 0 Å². The van der Waals surface area contributed by atoms with Crippen molar-refractivity contribution in [3.63, 3.8) is 0 Å². The lowest BCUT2D eigenvalue weighted by Crippen LogP contribution is -2.30. The van der Waals surface area contributed by atoms with E-state index in [1.807, 2.05) is 13.8 Å². The number of fused-ring (bicyclic) bond motifs is 1. The van der Waals surface area contributed by atoms with Crippen molar-refractivity contribution in [1.82, 2.24) is 10.2 Å². The molecule has 0 aromatic rings. The molecule has 3 fully saturated rings. The quantitative estimate of drug-likeness (QED) is 0.673. The highest BCUT2D eigenvalue weighted by Crippen LogP contribution is 2.37. The fourth-order valence-electron chi connectivity index (χ4n) is 5.06. The second-order valence-electron chi connectivity index (χ2n) is 9.70. The van der Waals surface area contributed by atoms with Crippen molar-refractivity contribution in [2.75, 3.05) is 26.7 Å². The zero-order valence-corrected chi connectivity index (χ0v) is 18.5. The van der Waals surface area contributed by atoms with E-state index in [1.165, 1.54) is 71.0 Å². The van der Waals surface area contributed by atoms with Gasteiger partial charge >= 0.3 is 0 Å². The summed E-state index contributed by atoms with van der Waals surface area (Å²) in [5, 5.41) is 3.41. The highest BCUT2D eigenvalue weighted by molar-refractivity contribution is 4.92. The molecule has 2 aliphatic heterocycles. The van der Waals surface area contributed by atoms with E-state index in [0.717, 1.165) is 23.8 Å². The average Bonchev–Trinajstić information content (AvgIpc) is 3.17. The number of likely N-dealkylation sites (tertiary alicyclic amines) is 1. The maximum absolute atomic E-state index is 3.41. The molecular weight excluding hydrogens is 304 g/mol. The van der Waals surface area contributed by atoms with Crippen LogP contribution in [0.3, 0.4) is 0 Å². The lowest BCUT2D eigenvalue weighted by Gasteiger charge is -2.32. The van der Waals surface area contributed by atoms with E-state index in [1.54, 1.807) is 0 Å².